The predicted molar refractivity (Wildman–Crippen MR) is 93.4 cm³/mol. The van der Waals surface area contributed by atoms with Gasteiger partial charge in [0.1, 0.15) is 5.75 Å². The maximum Gasteiger partial charge on any atom is 0.310 e. The highest BCUT2D eigenvalue weighted by Gasteiger charge is 2.24. The monoisotopic (exact) mass is 350 g/mol. The van der Waals surface area contributed by atoms with Crippen molar-refractivity contribution in [3.63, 3.8) is 0 Å². The van der Waals surface area contributed by atoms with Crippen molar-refractivity contribution in [2.75, 3.05) is 33.9 Å². The first kappa shape index (κ1) is 20.5. The summed E-state index contributed by atoms with van der Waals surface area (Å²) in [4.78, 5) is 37.2. The number of para-hydroxylation sites is 1. The average molecular weight is 350 g/mol. The van der Waals surface area contributed by atoms with Gasteiger partial charge >= 0.3 is 5.97 Å². The fourth-order valence-corrected chi connectivity index (χ4v) is 2.41. The first-order valence-electron chi connectivity index (χ1n) is 8.15. The second kappa shape index (κ2) is 10.3. The number of methoxy groups -OCH3 is 2. The molecule has 0 aliphatic carbocycles. The van der Waals surface area contributed by atoms with E-state index in [1.165, 1.54) is 21.1 Å². The van der Waals surface area contributed by atoms with E-state index in [1.807, 2.05) is 0 Å². The van der Waals surface area contributed by atoms with Crippen molar-refractivity contribution < 1.29 is 23.9 Å². The molecule has 1 atom stereocenters. The maximum absolute atomic E-state index is 12.9. The van der Waals surface area contributed by atoms with E-state index in [2.05, 4.69) is 5.32 Å². The van der Waals surface area contributed by atoms with Gasteiger partial charge in [0.2, 0.25) is 5.91 Å². The number of hydrogen-bond acceptors (Lipinski definition) is 5. The van der Waals surface area contributed by atoms with E-state index in [0.29, 0.717) is 30.8 Å². The summed E-state index contributed by atoms with van der Waals surface area (Å²) in [7, 11) is 2.83. The number of nitrogens with one attached hydrogen (secondary N) is 1. The summed E-state index contributed by atoms with van der Waals surface area (Å²) in [5, 5.41) is 2.70. The van der Waals surface area contributed by atoms with Crippen molar-refractivity contribution in [1.29, 1.82) is 0 Å². The molecule has 7 nitrogen and oxygen atoms in total. The van der Waals surface area contributed by atoms with Gasteiger partial charge in [0.15, 0.2) is 0 Å². The zero-order valence-corrected chi connectivity index (χ0v) is 15.2. The lowest BCUT2D eigenvalue weighted by atomic mass is 10.1. The number of hydrogen-bond donors (Lipinski definition) is 1. The molecule has 0 saturated carbocycles. The minimum atomic E-state index is -0.454. The molecule has 0 spiro atoms. The molecule has 0 aromatic heterocycles. The third-order valence-corrected chi connectivity index (χ3v) is 3.70. The van der Waals surface area contributed by atoms with Gasteiger partial charge in [-0.05, 0) is 18.6 Å². The highest BCUT2D eigenvalue weighted by Crippen LogP contribution is 2.20. The normalized spacial score (nSPS) is 11.4. The van der Waals surface area contributed by atoms with Crippen molar-refractivity contribution in [2.24, 2.45) is 5.92 Å². The van der Waals surface area contributed by atoms with Gasteiger partial charge in [-0.25, -0.2) is 0 Å². The molecule has 0 aliphatic heterocycles. The van der Waals surface area contributed by atoms with Crippen LogP contribution in [0.15, 0.2) is 24.3 Å². The van der Waals surface area contributed by atoms with Gasteiger partial charge in [-0.3, -0.25) is 14.4 Å². The standard InChI is InChI=1S/C18H26N2O5/c1-13(18(23)25-4)12-20(11-7-10-19-14(2)21)17(22)15-8-5-6-9-16(15)24-3/h5-6,8-9,13H,7,10-12H2,1-4H3,(H,19,21). The summed E-state index contributed by atoms with van der Waals surface area (Å²) in [6, 6.07) is 6.94. The molecule has 0 heterocycles. The van der Waals surface area contributed by atoms with Crippen molar-refractivity contribution in [1.82, 2.24) is 10.2 Å². The number of carbonyl (C=O) groups excluding carboxylic acids is 3. The minimum Gasteiger partial charge on any atom is -0.496 e. The van der Waals surface area contributed by atoms with Gasteiger partial charge in [-0.1, -0.05) is 19.1 Å². The second-order valence-corrected chi connectivity index (χ2v) is 5.71. The smallest absolute Gasteiger partial charge is 0.310 e. The Bertz CT molecular complexity index is 603. The molecule has 1 unspecified atom stereocenters. The SMILES string of the molecule is COC(=O)C(C)CN(CCCNC(C)=O)C(=O)c1ccccc1OC. The van der Waals surface area contributed by atoms with E-state index < -0.39 is 5.92 Å². The van der Waals surface area contributed by atoms with Crippen LogP contribution in [0.25, 0.3) is 0 Å². The topological polar surface area (TPSA) is 84.9 Å². The molecule has 0 saturated heterocycles. The molecule has 1 N–H and O–H groups in total. The number of amides is 2. The van der Waals surface area contributed by atoms with Crippen molar-refractivity contribution in [3.8, 4) is 5.75 Å². The number of carbonyl (C=O) groups is 3. The summed E-state index contributed by atoms with van der Waals surface area (Å²) in [5.74, 6) is -0.698. The molecule has 1 aromatic carbocycles. The van der Waals surface area contributed by atoms with E-state index in [1.54, 1.807) is 36.1 Å². The Morgan fingerprint density at radius 1 is 1.20 bits per heavy atom. The largest absolute Gasteiger partial charge is 0.496 e. The lowest BCUT2D eigenvalue weighted by molar-refractivity contribution is -0.145. The quantitative estimate of drug-likeness (QED) is 0.538. The van der Waals surface area contributed by atoms with Crippen LogP contribution in [0.3, 0.4) is 0 Å². The Kier molecular flexibility index (Phi) is 8.46. The summed E-state index contributed by atoms with van der Waals surface area (Å²) in [6.45, 7) is 4.24. The molecule has 2 amide bonds. The Morgan fingerprint density at radius 3 is 2.48 bits per heavy atom. The Balaban J connectivity index is 2.89. The highest BCUT2D eigenvalue weighted by atomic mass is 16.5. The van der Waals surface area contributed by atoms with E-state index in [-0.39, 0.29) is 24.3 Å². The zero-order chi connectivity index (χ0) is 18.8. The van der Waals surface area contributed by atoms with Crippen LogP contribution in [0.5, 0.6) is 5.75 Å². The Labute approximate surface area is 148 Å². The van der Waals surface area contributed by atoms with Crippen LogP contribution in [0.2, 0.25) is 0 Å². The van der Waals surface area contributed by atoms with E-state index >= 15 is 0 Å². The van der Waals surface area contributed by atoms with Gasteiger partial charge in [0, 0.05) is 26.6 Å². The Morgan fingerprint density at radius 2 is 1.88 bits per heavy atom. The summed E-state index contributed by atoms with van der Waals surface area (Å²) >= 11 is 0. The third-order valence-electron chi connectivity index (χ3n) is 3.70. The Hall–Kier alpha value is -2.57. The lowest BCUT2D eigenvalue weighted by Crippen LogP contribution is -2.39. The van der Waals surface area contributed by atoms with Crippen LogP contribution < -0.4 is 10.1 Å². The van der Waals surface area contributed by atoms with Gasteiger partial charge in [0.05, 0.1) is 25.7 Å². The zero-order valence-electron chi connectivity index (χ0n) is 15.2. The first-order valence-corrected chi connectivity index (χ1v) is 8.15. The van der Waals surface area contributed by atoms with Crippen LogP contribution in [0.4, 0.5) is 0 Å². The molecule has 1 aromatic rings. The molecule has 0 fully saturated rings. The number of ether oxygens (including phenoxy) is 2. The molecule has 1 rings (SSSR count). The fraction of sp³-hybridized carbons (Fsp3) is 0.500. The summed E-state index contributed by atoms with van der Waals surface area (Å²) < 4.78 is 9.99. The minimum absolute atomic E-state index is 0.120. The van der Waals surface area contributed by atoms with E-state index in [9.17, 15) is 14.4 Å². The third kappa shape index (κ3) is 6.45. The van der Waals surface area contributed by atoms with E-state index in [4.69, 9.17) is 9.47 Å². The van der Waals surface area contributed by atoms with Crippen LogP contribution in [0.1, 0.15) is 30.6 Å². The van der Waals surface area contributed by atoms with Crippen molar-refractivity contribution >= 4 is 17.8 Å². The fourth-order valence-electron chi connectivity index (χ4n) is 2.41. The number of nitrogens with zero attached hydrogens (tertiary/aromatic N) is 1. The van der Waals surface area contributed by atoms with E-state index in [0.717, 1.165) is 0 Å². The van der Waals surface area contributed by atoms with Crippen LogP contribution in [-0.4, -0.2) is 56.5 Å². The molecule has 138 valence electrons. The second-order valence-electron chi connectivity index (χ2n) is 5.71. The van der Waals surface area contributed by atoms with Crippen molar-refractivity contribution in [2.45, 2.75) is 20.3 Å². The molecule has 0 aliphatic rings. The maximum atomic E-state index is 12.9. The van der Waals surface area contributed by atoms with Crippen LogP contribution >= 0.6 is 0 Å². The molecular formula is C18H26N2O5. The average Bonchev–Trinajstić information content (AvgIpc) is 2.62. The van der Waals surface area contributed by atoms with Crippen LogP contribution in [0, 0.1) is 5.92 Å². The number of benzene rings is 1. The highest BCUT2D eigenvalue weighted by molar-refractivity contribution is 5.97. The van der Waals surface area contributed by atoms with Gasteiger partial charge < -0.3 is 19.7 Å². The van der Waals surface area contributed by atoms with Crippen molar-refractivity contribution in [3.05, 3.63) is 29.8 Å². The van der Waals surface area contributed by atoms with Gasteiger partial charge in [-0.2, -0.15) is 0 Å². The van der Waals surface area contributed by atoms with Gasteiger partial charge in [0.25, 0.3) is 5.91 Å². The van der Waals surface area contributed by atoms with Crippen LogP contribution in [-0.2, 0) is 14.3 Å². The predicted octanol–water partition coefficient (Wildman–Crippen LogP) is 1.47. The summed E-state index contributed by atoms with van der Waals surface area (Å²) in [5.41, 5.74) is 0.432. The summed E-state index contributed by atoms with van der Waals surface area (Å²) in [6.07, 6.45) is 0.578. The molecule has 0 radical (unpaired) electrons. The van der Waals surface area contributed by atoms with Gasteiger partial charge in [-0.15, -0.1) is 0 Å². The number of rotatable bonds is 9. The molecule has 7 heteroatoms. The first-order chi connectivity index (χ1) is 11.9. The number of esters is 1. The lowest BCUT2D eigenvalue weighted by Gasteiger charge is -2.26. The molecule has 0 bridgehead atoms. The molecular weight excluding hydrogens is 324 g/mol. The molecule has 25 heavy (non-hydrogen) atoms.